The largest absolute Gasteiger partial charge is 0.448 e. The number of hydrogen-bond donors (Lipinski definition) is 4. The number of amides is 3. The fourth-order valence-electron chi connectivity index (χ4n) is 15.9. The molecule has 0 saturated carbocycles. The molecule has 0 spiro atoms. The van der Waals surface area contributed by atoms with E-state index in [0.29, 0.717) is 127 Å². The summed E-state index contributed by atoms with van der Waals surface area (Å²) < 4.78 is 24.1. The summed E-state index contributed by atoms with van der Waals surface area (Å²) in [6.07, 6.45) is 10.1. The van der Waals surface area contributed by atoms with Gasteiger partial charge in [-0.3, -0.25) is 37.7 Å². The van der Waals surface area contributed by atoms with E-state index < -0.39 is 0 Å². The summed E-state index contributed by atoms with van der Waals surface area (Å²) in [4.78, 5) is 111. The number of anilines is 1. The molecular weight excluding hydrogens is 1750 g/mol. The number of aromatic nitrogens is 8. The van der Waals surface area contributed by atoms with E-state index in [-0.39, 0.29) is 65.3 Å². The highest BCUT2D eigenvalue weighted by molar-refractivity contribution is 9.11. The zero-order valence-electron chi connectivity index (χ0n) is 68.1. The molecule has 5 aromatic heterocycles. The molecule has 0 bridgehead atoms. The van der Waals surface area contributed by atoms with Gasteiger partial charge in [0.25, 0.3) is 23.2 Å². The summed E-state index contributed by atoms with van der Waals surface area (Å²) in [5.74, 6) is 11.4. The highest BCUT2D eigenvalue weighted by atomic mass is 79.9. The van der Waals surface area contributed by atoms with Crippen molar-refractivity contribution < 1.29 is 33.4 Å². The van der Waals surface area contributed by atoms with Crippen LogP contribution in [0.4, 0.5) is 15.3 Å². The van der Waals surface area contributed by atoms with Crippen LogP contribution in [-0.4, -0.2) is 143 Å². The average Bonchev–Trinajstić information content (AvgIpc) is 1.49. The molecule has 1 fully saturated rings. The van der Waals surface area contributed by atoms with Crippen LogP contribution in [0.2, 0.25) is 0 Å². The van der Waals surface area contributed by atoms with Crippen LogP contribution in [-0.2, 0) is 58.0 Å². The Balaban J connectivity index is 0.000000127. The summed E-state index contributed by atoms with van der Waals surface area (Å²) in [6.45, 7) is 13.7. The van der Waals surface area contributed by atoms with Crippen molar-refractivity contribution in [3.63, 3.8) is 0 Å². The zero-order chi connectivity index (χ0) is 86.2. The lowest BCUT2D eigenvalue weighted by molar-refractivity contribution is -0.121. The number of nitrogens with one attached hydrogen (secondary N) is 3. The lowest BCUT2D eigenvalue weighted by Gasteiger charge is -2.26. The van der Waals surface area contributed by atoms with Crippen molar-refractivity contribution in [3.8, 4) is 52.2 Å². The van der Waals surface area contributed by atoms with Gasteiger partial charge in [-0.25, -0.2) is 34.5 Å². The topological polar surface area (TPSA) is 295 Å². The van der Waals surface area contributed by atoms with Gasteiger partial charge in [-0.05, 0) is 175 Å². The fourth-order valence-corrected chi connectivity index (χ4v) is 17.0. The first-order valence-electron chi connectivity index (χ1n) is 40.5. The first-order chi connectivity index (χ1) is 59.7. The smallest absolute Gasteiger partial charge is 0.410 e. The minimum absolute atomic E-state index is 0.0128. The minimum atomic E-state index is -0.354. The number of nitrogens with zero attached hydrogens (tertiary/aromatic N) is 10. The minimum Gasteiger partial charge on any atom is -0.448 e. The van der Waals surface area contributed by atoms with Crippen LogP contribution in [0.15, 0.2) is 246 Å². The summed E-state index contributed by atoms with van der Waals surface area (Å²) in [5.41, 5.74) is 19.9. The maximum atomic E-state index is 13.2. The molecule has 9 heterocycles. The molecular formula is C96H89Br3N14O10. The van der Waals surface area contributed by atoms with Crippen molar-refractivity contribution in [1.29, 1.82) is 0 Å². The first kappa shape index (κ1) is 86.6. The fraction of sp³-hybridized carbons (Fsp3) is 0.250. The van der Waals surface area contributed by atoms with E-state index in [1.165, 1.54) is 44.5 Å². The number of carbonyl (C=O) groups excluding carboxylic acids is 4. The number of carbonyl (C=O) groups is 4. The third-order valence-corrected chi connectivity index (χ3v) is 23.5. The summed E-state index contributed by atoms with van der Waals surface area (Å²) in [7, 11) is 0. The Bertz CT molecular complexity index is 6320. The van der Waals surface area contributed by atoms with E-state index in [9.17, 15) is 33.6 Å². The molecule has 3 amide bonds. The predicted octanol–water partition coefficient (Wildman–Crippen LogP) is 14.5. The lowest BCUT2D eigenvalue weighted by Crippen LogP contribution is -2.41. The standard InChI is InChI=1S/C28H24BrN3O3.C21H22N2O3.C20H18N4O.C13H14BrN3O.C7H6BrNO2.C7H5N/c1-17-14-26-30-25-15-18(29)10-11-23(25)27(33)32(26)13-12-31(17)28(34)35-16-24-21-8-4-2-6-19(21)20-7-3-5-9-22(20)24;1-14-12-20(24)22-10-11-23(14)21(25)26-13-19-17-8-4-2-6-15(17)16-7-3-5-9-18(16)19;1-14-12-19-23-18-13-15(5-7-16-4-2-3-9-22-16)6-8-17(18)20(25)24(19)11-10-21-14;1-8-6-12-16-11-7-9(14)2-3-10(11)13(18)17(12)5-4-15-8;8-5-1-2-7(11-4-10)6(9)3-5;1-2-7-5-3-4-6-8-7/h2-11,15,17,24H,12-14,16H2,1H3;2-9,14,19H,10-13H2,1H3,(H,22,24);2-4,6,8-9,13-14,21H,10-12H2,1H3;2-3,7-8,15H,4-6H2,1H3;1-4H,9H2;1,3-6H. The molecule has 0 radical (unpaired) electrons. The Morgan fingerprint density at radius 1 is 0.480 bits per heavy atom. The van der Waals surface area contributed by atoms with Gasteiger partial charge in [0.2, 0.25) is 5.91 Å². The van der Waals surface area contributed by atoms with E-state index in [2.05, 4.69) is 164 Å². The molecule has 4 unspecified atom stereocenters. The average molecular weight is 1840 g/mol. The van der Waals surface area contributed by atoms with Gasteiger partial charge in [0.1, 0.15) is 42.1 Å². The highest BCUT2D eigenvalue weighted by Crippen LogP contribution is 2.46. The zero-order valence-corrected chi connectivity index (χ0v) is 72.8. The van der Waals surface area contributed by atoms with Gasteiger partial charge in [0, 0.05) is 145 Å². The number of ether oxygens (including phenoxy) is 3. The number of hydrogen-bond acceptors (Lipinski definition) is 18. The van der Waals surface area contributed by atoms with Crippen molar-refractivity contribution >= 4 is 111 Å². The molecule has 2 aliphatic carbocycles. The molecule has 1 saturated heterocycles. The van der Waals surface area contributed by atoms with E-state index >= 15 is 0 Å². The quantitative estimate of drug-likeness (QED) is 0.0683. The van der Waals surface area contributed by atoms with Crippen molar-refractivity contribution in [2.24, 2.45) is 0 Å². The molecule has 5 N–H and O–H groups in total. The second-order valence-corrected chi connectivity index (χ2v) is 33.0. The van der Waals surface area contributed by atoms with Crippen molar-refractivity contribution in [1.82, 2.24) is 64.4 Å². The van der Waals surface area contributed by atoms with Gasteiger partial charge in [-0.2, -0.15) is 0 Å². The molecule has 24 nitrogen and oxygen atoms in total. The van der Waals surface area contributed by atoms with Gasteiger partial charge in [-0.15, -0.1) is 6.42 Å². The molecule has 4 atom stereocenters. The Kier molecular flexibility index (Phi) is 28.4. The van der Waals surface area contributed by atoms with Crippen LogP contribution < -0.4 is 43.1 Å². The summed E-state index contributed by atoms with van der Waals surface area (Å²) in [6, 6.07) is 66.4. The number of rotatable bonds is 6. The number of terminal acetylenes is 1. The molecule has 624 valence electrons. The predicted molar refractivity (Wildman–Crippen MR) is 487 cm³/mol. The van der Waals surface area contributed by atoms with Crippen LogP contribution >= 0.6 is 47.8 Å². The molecule has 123 heavy (non-hydrogen) atoms. The van der Waals surface area contributed by atoms with E-state index in [4.69, 9.17) is 31.6 Å². The molecule has 6 aliphatic rings. The Morgan fingerprint density at radius 3 is 1.37 bits per heavy atom. The molecule has 27 heteroatoms. The van der Waals surface area contributed by atoms with Crippen LogP contribution in [0.5, 0.6) is 5.75 Å². The molecule has 8 aromatic carbocycles. The lowest BCUT2D eigenvalue weighted by atomic mass is 9.98. The number of pyridine rings is 2. The maximum Gasteiger partial charge on any atom is 0.410 e. The Hall–Kier alpha value is -12.8. The highest BCUT2D eigenvalue weighted by Gasteiger charge is 2.35. The normalized spacial score (nSPS) is 16.5. The van der Waals surface area contributed by atoms with Gasteiger partial charge >= 0.3 is 12.2 Å². The van der Waals surface area contributed by atoms with Gasteiger partial charge in [-0.1, -0.05) is 169 Å². The van der Waals surface area contributed by atoms with Crippen molar-refractivity contribution in [2.45, 2.75) is 109 Å². The molecule has 13 aromatic rings. The molecule has 19 rings (SSSR count). The number of nitrogen functional groups attached to an aromatic ring is 1. The number of benzene rings is 8. The Morgan fingerprint density at radius 2 is 0.902 bits per heavy atom. The summed E-state index contributed by atoms with van der Waals surface area (Å²) in [5, 5.41) is 11.5. The van der Waals surface area contributed by atoms with Crippen molar-refractivity contribution in [2.75, 3.05) is 51.7 Å². The van der Waals surface area contributed by atoms with Crippen LogP contribution in [0.3, 0.4) is 0 Å². The van der Waals surface area contributed by atoms with Crippen LogP contribution in [0, 0.1) is 24.2 Å². The second-order valence-electron chi connectivity index (χ2n) is 30.3. The number of fused-ring (bicyclic) bond motifs is 12. The number of nitrogens with two attached hydrogens (primary N) is 1. The van der Waals surface area contributed by atoms with Gasteiger partial charge in [0.15, 0.2) is 5.75 Å². The van der Waals surface area contributed by atoms with Gasteiger partial charge < -0.3 is 45.7 Å². The van der Waals surface area contributed by atoms with Crippen LogP contribution in [0.25, 0.3) is 55.0 Å². The Labute approximate surface area is 736 Å². The third-order valence-electron chi connectivity index (χ3n) is 22.0. The molecule has 4 aliphatic heterocycles. The van der Waals surface area contributed by atoms with E-state index in [1.54, 1.807) is 66.2 Å². The number of halogens is 3. The third kappa shape index (κ3) is 20.7. The summed E-state index contributed by atoms with van der Waals surface area (Å²) >= 11 is 10.1. The SMILES string of the molecule is C#Cc1ccccn1.CC1CC(=O)NCCN1C(=O)OCC1c2ccccc2-c2ccccc21.CC1Cc2nc3cc(Br)ccc3c(=O)n2CCN1.CC1Cc2nc3cc(Br)ccc3c(=O)n2CCN1C(=O)OCC1c2ccccc2-c2ccccc21.CC1Cc2nc3cc(C#Cc4ccccn4)ccc3c(=O)n2CCN1.Nc1cc(Br)ccc1OC=O. The monoisotopic (exact) mass is 1830 g/mol. The van der Waals surface area contributed by atoms with Crippen molar-refractivity contribution in [3.05, 3.63) is 320 Å². The van der Waals surface area contributed by atoms with Gasteiger partial charge in [0.05, 0.1) is 38.4 Å². The maximum absolute atomic E-state index is 13.2. The van der Waals surface area contributed by atoms with E-state index in [1.807, 2.05) is 141 Å². The first-order valence-corrected chi connectivity index (χ1v) is 42.9. The second kappa shape index (κ2) is 40.3. The van der Waals surface area contributed by atoms with E-state index in [0.717, 1.165) is 67.8 Å². The van der Waals surface area contributed by atoms with Crippen LogP contribution in [0.1, 0.15) is 103 Å².